The van der Waals surface area contributed by atoms with E-state index in [1.807, 2.05) is 36.4 Å². The number of hydrogen-bond donors (Lipinski definition) is 1. The van der Waals surface area contributed by atoms with Gasteiger partial charge in [-0.15, -0.1) is 0 Å². The third-order valence-corrected chi connectivity index (χ3v) is 6.62. The van der Waals surface area contributed by atoms with E-state index in [-0.39, 0.29) is 5.56 Å². The molecule has 4 nitrogen and oxygen atoms in total. The van der Waals surface area contributed by atoms with E-state index in [1.54, 1.807) is 6.07 Å². The van der Waals surface area contributed by atoms with E-state index >= 15 is 0 Å². The first-order chi connectivity index (χ1) is 16.3. The van der Waals surface area contributed by atoms with Gasteiger partial charge < -0.3 is 0 Å². The average Bonchev–Trinajstić information content (AvgIpc) is 3.27. The van der Waals surface area contributed by atoms with Crippen LogP contribution in [0, 0.1) is 0 Å². The van der Waals surface area contributed by atoms with Gasteiger partial charge in [0.25, 0.3) is 5.56 Å². The number of fused-ring (bicyclic) bond motifs is 1. The number of hydrogen-bond acceptors (Lipinski definition) is 2. The summed E-state index contributed by atoms with van der Waals surface area (Å²) in [6, 6.07) is 13.7. The van der Waals surface area contributed by atoms with Gasteiger partial charge in [0.1, 0.15) is 0 Å². The lowest BCUT2D eigenvalue weighted by Gasteiger charge is -2.04. The molecule has 180 valence electrons. The first-order valence-corrected chi connectivity index (χ1v) is 13.4. The van der Waals surface area contributed by atoms with Gasteiger partial charge in [0, 0.05) is 17.8 Å². The predicted molar refractivity (Wildman–Crippen MR) is 140 cm³/mol. The molecule has 0 unspecified atom stereocenters. The molecular weight excluding hydrogens is 406 g/mol. The van der Waals surface area contributed by atoms with Crippen molar-refractivity contribution < 1.29 is 0 Å². The fourth-order valence-electron chi connectivity index (χ4n) is 4.61. The summed E-state index contributed by atoms with van der Waals surface area (Å²) in [4.78, 5) is 17.2. The summed E-state index contributed by atoms with van der Waals surface area (Å²) >= 11 is 0. The highest BCUT2D eigenvalue weighted by molar-refractivity contribution is 5.63. The van der Waals surface area contributed by atoms with Crippen molar-refractivity contribution in [2.75, 3.05) is 0 Å². The molecule has 0 saturated heterocycles. The first-order valence-electron chi connectivity index (χ1n) is 13.4. The Morgan fingerprint density at radius 2 is 1.27 bits per heavy atom. The third kappa shape index (κ3) is 8.83. The predicted octanol–water partition coefficient (Wildman–Crippen LogP) is 8.10. The number of nitrogens with one attached hydrogen (secondary N) is 1. The molecule has 4 heteroatoms. The van der Waals surface area contributed by atoms with Crippen LogP contribution in [0.1, 0.15) is 109 Å². The van der Waals surface area contributed by atoms with Crippen LogP contribution >= 0.6 is 0 Å². The van der Waals surface area contributed by atoms with Crippen molar-refractivity contribution in [1.82, 2.24) is 14.6 Å². The minimum Gasteiger partial charge on any atom is -0.289 e. The quantitative estimate of drug-likeness (QED) is 0.212. The highest BCUT2D eigenvalue weighted by Gasteiger charge is 2.08. The molecular formula is C29H43N3O. The van der Waals surface area contributed by atoms with Crippen LogP contribution in [0.2, 0.25) is 0 Å². The molecule has 1 aromatic carbocycles. The van der Waals surface area contributed by atoms with Crippen LogP contribution in [0.4, 0.5) is 0 Å². The van der Waals surface area contributed by atoms with Gasteiger partial charge in [-0.1, -0.05) is 127 Å². The Bertz CT molecular complexity index is 973. The number of aryl methyl sites for hydroxylation is 1. The molecule has 3 rings (SSSR count). The van der Waals surface area contributed by atoms with Gasteiger partial charge in [-0.3, -0.25) is 9.89 Å². The zero-order valence-electron chi connectivity index (χ0n) is 20.7. The fraction of sp³-hybridized carbons (Fsp3) is 0.586. The van der Waals surface area contributed by atoms with Crippen LogP contribution in [-0.4, -0.2) is 14.6 Å². The monoisotopic (exact) mass is 449 g/mol. The number of H-pyrrole nitrogens is 1. The highest BCUT2D eigenvalue weighted by Crippen LogP contribution is 2.18. The van der Waals surface area contributed by atoms with E-state index in [9.17, 15) is 4.79 Å². The molecule has 33 heavy (non-hydrogen) atoms. The molecule has 2 aromatic heterocycles. The molecule has 0 aliphatic carbocycles. The van der Waals surface area contributed by atoms with E-state index < -0.39 is 0 Å². The van der Waals surface area contributed by atoms with Gasteiger partial charge in [-0.05, 0) is 18.4 Å². The number of aromatic amines is 1. The average molecular weight is 450 g/mol. The minimum atomic E-state index is -0.0295. The molecule has 0 atom stereocenters. The Balaban J connectivity index is 1.26. The van der Waals surface area contributed by atoms with Crippen LogP contribution in [0.25, 0.3) is 16.9 Å². The summed E-state index contributed by atoms with van der Waals surface area (Å²) in [6.07, 6.45) is 21.4. The fourth-order valence-corrected chi connectivity index (χ4v) is 4.61. The summed E-state index contributed by atoms with van der Waals surface area (Å²) in [5, 5.41) is 3.17. The summed E-state index contributed by atoms with van der Waals surface area (Å²) < 4.78 is 1.54. The molecule has 0 fully saturated rings. The second-order valence-corrected chi connectivity index (χ2v) is 9.51. The van der Waals surface area contributed by atoms with Gasteiger partial charge in [-0.2, -0.15) is 0 Å². The molecule has 0 radical (unpaired) electrons. The highest BCUT2D eigenvalue weighted by atomic mass is 16.1. The molecule has 1 N–H and O–H groups in total. The zero-order valence-corrected chi connectivity index (χ0v) is 20.7. The summed E-state index contributed by atoms with van der Waals surface area (Å²) in [5.41, 5.74) is 3.57. The van der Waals surface area contributed by atoms with Crippen LogP contribution in [0.15, 0.2) is 47.3 Å². The number of unbranched alkanes of at least 4 members (excludes halogenated alkanes) is 14. The first kappa shape index (κ1) is 25.3. The van der Waals surface area contributed by atoms with Gasteiger partial charge >= 0.3 is 0 Å². The van der Waals surface area contributed by atoms with Gasteiger partial charge in [0.05, 0.1) is 5.69 Å². The van der Waals surface area contributed by atoms with Crippen molar-refractivity contribution in [3.63, 3.8) is 0 Å². The maximum absolute atomic E-state index is 12.5. The smallest absolute Gasteiger partial charge is 0.272 e. The Morgan fingerprint density at radius 1 is 0.727 bits per heavy atom. The van der Waals surface area contributed by atoms with E-state index in [4.69, 9.17) is 4.98 Å². The maximum atomic E-state index is 12.5. The molecule has 3 aromatic rings. The van der Waals surface area contributed by atoms with Crippen molar-refractivity contribution in [2.45, 2.75) is 110 Å². The number of benzene rings is 1. The Hall–Kier alpha value is -2.36. The lowest BCUT2D eigenvalue weighted by atomic mass is 10.0. The van der Waals surface area contributed by atoms with Crippen LogP contribution in [0.3, 0.4) is 0 Å². The van der Waals surface area contributed by atoms with Crippen molar-refractivity contribution in [1.29, 1.82) is 0 Å². The molecule has 0 amide bonds. The normalized spacial score (nSPS) is 11.4. The number of nitrogens with zero attached hydrogens (tertiary/aromatic N) is 2. The Kier molecular flexibility index (Phi) is 11.3. The Labute approximate surface area is 199 Å². The van der Waals surface area contributed by atoms with Crippen molar-refractivity contribution >= 4 is 5.65 Å². The maximum Gasteiger partial charge on any atom is 0.272 e. The molecule has 0 spiro atoms. The van der Waals surface area contributed by atoms with E-state index in [0.29, 0.717) is 5.65 Å². The summed E-state index contributed by atoms with van der Waals surface area (Å²) in [7, 11) is 0. The lowest BCUT2D eigenvalue weighted by Crippen LogP contribution is -2.15. The van der Waals surface area contributed by atoms with Gasteiger partial charge in [-0.25, -0.2) is 9.50 Å². The van der Waals surface area contributed by atoms with Gasteiger partial charge in [0.2, 0.25) is 0 Å². The van der Waals surface area contributed by atoms with Gasteiger partial charge in [0.15, 0.2) is 5.65 Å². The number of rotatable bonds is 17. The van der Waals surface area contributed by atoms with E-state index in [1.165, 1.54) is 94.4 Å². The zero-order chi connectivity index (χ0) is 23.1. The lowest BCUT2D eigenvalue weighted by molar-refractivity contribution is 0.532. The topological polar surface area (TPSA) is 50.2 Å². The summed E-state index contributed by atoms with van der Waals surface area (Å²) in [5.74, 6) is 0. The van der Waals surface area contributed by atoms with Crippen molar-refractivity contribution in [2.24, 2.45) is 0 Å². The molecule has 0 bridgehead atoms. The van der Waals surface area contributed by atoms with E-state index in [2.05, 4.69) is 12.0 Å². The molecule has 0 aliphatic rings. The van der Waals surface area contributed by atoms with Crippen LogP contribution < -0.4 is 5.56 Å². The third-order valence-electron chi connectivity index (χ3n) is 6.62. The standard InChI is InChI=1S/C29H43N3O/c1-2-3-4-5-6-7-8-9-10-11-12-13-14-15-19-22-26-23-29(33)32-28(30-26)24-27(31-32)25-20-17-16-18-21-25/h16-18,20-21,23-24,31H,2-15,19,22H2,1H3. The largest absolute Gasteiger partial charge is 0.289 e. The number of aromatic nitrogens is 3. The van der Waals surface area contributed by atoms with E-state index in [0.717, 1.165) is 29.8 Å². The van der Waals surface area contributed by atoms with Crippen molar-refractivity contribution in [3.05, 3.63) is 58.5 Å². The van der Waals surface area contributed by atoms with Crippen LogP contribution in [-0.2, 0) is 6.42 Å². The molecule has 0 saturated carbocycles. The second kappa shape index (κ2) is 14.7. The summed E-state index contributed by atoms with van der Waals surface area (Å²) in [6.45, 7) is 2.28. The molecule has 0 aliphatic heterocycles. The van der Waals surface area contributed by atoms with Crippen molar-refractivity contribution in [3.8, 4) is 11.3 Å². The minimum absolute atomic E-state index is 0.0295. The second-order valence-electron chi connectivity index (χ2n) is 9.51. The Morgan fingerprint density at radius 3 is 1.85 bits per heavy atom. The molecule has 2 heterocycles. The SMILES string of the molecule is CCCCCCCCCCCCCCCCCc1cc(=O)n2[nH]c(-c3ccccc3)cc2n1. The van der Waals surface area contributed by atoms with Crippen LogP contribution in [0.5, 0.6) is 0 Å².